The minimum absolute atomic E-state index is 0.0384. The maximum Gasteiger partial charge on any atom is 0.159 e. The molecule has 0 radical (unpaired) electrons. The summed E-state index contributed by atoms with van der Waals surface area (Å²) in [4.78, 5) is 0.718. The van der Waals surface area contributed by atoms with Gasteiger partial charge in [0.05, 0.1) is 15.8 Å². The first-order chi connectivity index (χ1) is 8.85. The molecule has 19 heavy (non-hydrogen) atoms. The highest BCUT2D eigenvalue weighted by molar-refractivity contribution is 7.90. The molecule has 0 atom stereocenters. The molecule has 2 rings (SSSR count). The third-order valence-electron chi connectivity index (χ3n) is 2.38. The molecule has 0 N–H and O–H groups in total. The second-order valence-corrected chi connectivity index (χ2v) is 8.68. The van der Waals surface area contributed by atoms with Gasteiger partial charge in [0.15, 0.2) is 9.84 Å². The van der Waals surface area contributed by atoms with Crippen LogP contribution in [0.15, 0.2) is 30.3 Å². The van der Waals surface area contributed by atoms with Crippen molar-refractivity contribution in [3.05, 3.63) is 55.2 Å². The smallest absolute Gasteiger partial charge is 0.159 e. The van der Waals surface area contributed by atoms with E-state index < -0.39 is 9.84 Å². The van der Waals surface area contributed by atoms with Crippen LogP contribution < -0.4 is 0 Å². The number of hydrogen-bond acceptors (Lipinski definition) is 3. The highest BCUT2D eigenvalue weighted by Crippen LogP contribution is 2.26. The average Bonchev–Trinajstić information content (AvgIpc) is 2.67. The SMILES string of the molecule is O=S(=O)(Cc1ccc(Cl)s1)Cc1ccc(Cl)cc1Cl. The highest BCUT2D eigenvalue weighted by atomic mass is 35.5. The molecule has 1 heterocycles. The average molecular weight is 356 g/mol. The molecule has 1 aromatic heterocycles. The summed E-state index contributed by atoms with van der Waals surface area (Å²) in [5, 5.41) is 0.844. The van der Waals surface area contributed by atoms with Gasteiger partial charge in [-0.15, -0.1) is 11.3 Å². The second-order valence-electron chi connectivity index (χ2n) is 3.97. The van der Waals surface area contributed by atoms with Crippen molar-refractivity contribution in [1.82, 2.24) is 0 Å². The van der Waals surface area contributed by atoms with E-state index in [1.807, 2.05) is 0 Å². The lowest BCUT2D eigenvalue weighted by atomic mass is 10.2. The second kappa shape index (κ2) is 6.02. The Morgan fingerprint density at radius 2 is 1.74 bits per heavy atom. The number of benzene rings is 1. The van der Waals surface area contributed by atoms with E-state index in [9.17, 15) is 8.42 Å². The molecular formula is C12H9Cl3O2S2. The van der Waals surface area contributed by atoms with Crippen LogP contribution in [-0.2, 0) is 21.3 Å². The van der Waals surface area contributed by atoms with E-state index >= 15 is 0 Å². The molecule has 0 aliphatic carbocycles. The summed E-state index contributed by atoms with van der Waals surface area (Å²) >= 11 is 18.8. The molecule has 2 nitrogen and oxygen atoms in total. The van der Waals surface area contributed by atoms with E-state index in [4.69, 9.17) is 34.8 Å². The third kappa shape index (κ3) is 4.36. The number of rotatable bonds is 4. The number of hydrogen-bond donors (Lipinski definition) is 0. The van der Waals surface area contributed by atoms with Crippen LogP contribution in [0.25, 0.3) is 0 Å². The van der Waals surface area contributed by atoms with Crippen molar-refractivity contribution in [2.24, 2.45) is 0 Å². The Kier molecular flexibility index (Phi) is 4.79. The molecular weight excluding hydrogens is 347 g/mol. The minimum atomic E-state index is -3.29. The Morgan fingerprint density at radius 3 is 2.32 bits per heavy atom. The summed E-state index contributed by atoms with van der Waals surface area (Å²) < 4.78 is 24.8. The number of sulfone groups is 1. The van der Waals surface area contributed by atoms with E-state index in [2.05, 4.69) is 0 Å². The van der Waals surface area contributed by atoms with Crippen LogP contribution in [0.2, 0.25) is 14.4 Å². The van der Waals surface area contributed by atoms with Gasteiger partial charge in [-0.25, -0.2) is 8.42 Å². The highest BCUT2D eigenvalue weighted by Gasteiger charge is 2.16. The fourth-order valence-electron chi connectivity index (χ4n) is 1.57. The first kappa shape index (κ1) is 15.1. The van der Waals surface area contributed by atoms with E-state index in [1.165, 1.54) is 17.4 Å². The summed E-state index contributed by atoms with van der Waals surface area (Å²) in [5.74, 6) is -0.151. The first-order valence-corrected chi connectivity index (χ1v) is 9.01. The fourth-order valence-corrected chi connectivity index (χ4v) is 5.14. The standard InChI is InChI=1S/C12H9Cl3O2S2/c13-9-2-1-8(11(14)5-9)6-19(16,17)7-10-3-4-12(15)18-10/h1-5H,6-7H2. The van der Waals surface area contributed by atoms with E-state index in [-0.39, 0.29) is 11.5 Å². The molecule has 0 aliphatic heterocycles. The monoisotopic (exact) mass is 354 g/mol. The zero-order valence-corrected chi connectivity index (χ0v) is 13.5. The van der Waals surface area contributed by atoms with Gasteiger partial charge in [0.1, 0.15) is 0 Å². The van der Waals surface area contributed by atoms with Crippen molar-refractivity contribution >= 4 is 56.0 Å². The van der Waals surface area contributed by atoms with Gasteiger partial charge >= 0.3 is 0 Å². The predicted molar refractivity (Wildman–Crippen MR) is 82.1 cm³/mol. The Morgan fingerprint density at radius 1 is 1.00 bits per heavy atom. The van der Waals surface area contributed by atoms with Crippen molar-refractivity contribution in [1.29, 1.82) is 0 Å². The minimum Gasteiger partial charge on any atom is -0.228 e. The van der Waals surface area contributed by atoms with Crippen molar-refractivity contribution in [2.75, 3.05) is 0 Å². The van der Waals surface area contributed by atoms with E-state index in [0.717, 1.165) is 4.88 Å². The van der Waals surface area contributed by atoms with E-state index in [0.29, 0.717) is 19.9 Å². The molecule has 0 saturated heterocycles. The summed E-state index contributed by atoms with van der Waals surface area (Å²) in [6.07, 6.45) is 0. The van der Waals surface area contributed by atoms with Gasteiger partial charge in [-0.3, -0.25) is 0 Å². The lowest BCUT2D eigenvalue weighted by Gasteiger charge is -2.05. The molecule has 0 bridgehead atoms. The molecule has 0 unspecified atom stereocenters. The summed E-state index contributed by atoms with van der Waals surface area (Å²) in [7, 11) is -3.29. The zero-order valence-electron chi connectivity index (χ0n) is 9.57. The Hall–Kier alpha value is -0.260. The van der Waals surface area contributed by atoms with Gasteiger partial charge in [-0.05, 0) is 29.8 Å². The van der Waals surface area contributed by atoms with Crippen molar-refractivity contribution in [3.63, 3.8) is 0 Å². The summed E-state index contributed by atoms with van der Waals surface area (Å²) in [6, 6.07) is 8.19. The van der Waals surface area contributed by atoms with Crippen LogP contribution >= 0.6 is 46.1 Å². The Labute approximate surface area is 130 Å². The molecule has 0 aliphatic rings. The Balaban J connectivity index is 2.17. The topological polar surface area (TPSA) is 34.1 Å². The van der Waals surface area contributed by atoms with Crippen molar-refractivity contribution in [3.8, 4) is 0 Å². The van der Waals surface area contributed by atoms with Crippen LogP contribution in [0.3, 0.4) is 0 Å². The third-order valence-corrected chi connectivity index (χ3v) is 5.88. The summed E-state index contributed by atoms with van der Waals surface area (Å²) in [5.41, 5.74) is 0.550. The van der Waals surface area contributed by atoms with Crippen LogP contribution in [-0.4, -0.2) is 8.42 Å². The quantitative estimate of drug-likeness (QED) is 0.787. The summed E-state index contributed by atoms with van der Waals surface area (Å²) in [6.45, 7) is 0. The van der Waals surface area contributed by atoms with Gasteiger partial charge < -0.3 is 0 Å². The van der Waals surface area contributed by atoms with Gasteiger partial charge in [-0.2, -0.15) is 0 Å². The molecule has 0 amide bonds. The van der Waals surface area contributed by atoms with Gasteiger partial charge in [0.2, 0.25) is 0 Å². The van der Waals surface area contributed by atoms with E-state index in [1.54, 1.807) is 24.3 Å². The lowest BCUT2D eigenvalue weighted by molar-refractivity contribution is 0.595. The number of thiophene rings is 1. The van der Waals surface area contributed by atoms with Crippen LogP contribution in [0.4, 0.5) is 0 Å². The molecule has 102 valence electrons. The lowest BCUT2D eigenvalue weighted by Crippen LogP contribution is -2.07. The molecule has 7 heteroatoms. The van der Waals surface area contributed by atoms with Crippen LogP contribution in [0.1, 0.15) is 10.4 Å². The molecule has 0 spiro atoms. The first-order valence-electron chi connectivity index (χ1n) is 5.24. The predicted octanol–water partition coefficient (Wildman–Crippen LogP) is 4.82. The molecule has 0 fully saturated rings. The molecule has 1 aromatic carbocycles. The largest absolute Gasteiger partial charge is 0.228 e. The van der Waals surface area contributed by atoms with Crippen molar-refractivity contribution in [2.45, 2.75) is 11.5 Å². The number of halogens is 3. The maximum atomic E-state index is 12.1. The van der Waals surface area contributed by atoms with Crippen molar-refractivity contribution < 1.29 is 8.42 Å². The zero-order chi connectivity index (χ0) is 14.0. The fraction of sp³-hybridized carbons (Fsp3) is 0.167. The normalized spacial score (nSPS) is 11.7. The molecule has 2 aromatic rings. The Bertz CT molecular complexity index is 693. The van der Waals surface area contributed by atoms with Crippen LogP contribution in [0, 0.1) is 0 Å². The van der Waals surface area contributed by atoms with Gasteiger partial charge in [-0.1, -0.05) is 40.9 Å². The van der Waals surface area contributed by atoms with Gasteiger partial charge in [0.25, 0.3) is 0 Å². The maximum absolute atomic E-state index is 12.1. The molecule has 0 saturated carbocycles. The van der Waals surface area contributed by atoms with Gasteiger partial charge in [0, 0.05) is 14.9 Å². The van der Waals surface area contributed by atoms with Crippen LogP contribution in [0.5, 0.6) is 0 Å².